The standard InChI is InChI=1S/C27H30ClN3O4S/c1-3-29-27(33)26(23-12-8-5-9-13-23)31(19-22-14-16-24(28)17-15-22)25(32)20-30(36(2,34)35)18-21-10-6-4-7-11-21/h4-17,26H,3,18-20H2,1-2H3,(H,29,33). The third-order valence-electron chi connectivity index (χ3n) is 5.60. The highest BCUT2D eigenvalue weighted by Crippen LogP contribution is 2.25. The lowest BCUT2D eigenvalue weighted by Crippen LogP contribution is -2.47. The molecule has 3 aromatic rings. The Morgan fingerprint density at radius 2 is 1.42 bits per heavy atom. The van der Waals surface area contributed by atoms with Crippen molar-refractivity contribution in [3.05, 3.63) is 107 Å². The van der Waals surface area contributed by atoms with Gasteiger partial charge in [-0.1, -0.05) is 84.4 Å². The van der Waals surface area contributed by atoms with E-state index in [9.17, 15) is 18.0 Å². The maximum absolute atomic E-state index is 13.8. The van der Waals surface area contributed by atoms with Crippen LogP contribution < -0.4 is 5.32 Å². The van der Waals surface area contributed by atoms with E-state index in [0.29, 0.717) is 17.1 Å². The molecule has 0 bridgehead atoms. The minimum absolute atomic E-state index is 0.0390. The smallest absolute Gasteiger partial charge is 0.247 e. The normalized spacial score (nSPS) is 12.2. The number of hydrogen-bond acceptors (Lipinski definition) is 4. The van der Waals surface area contributed by atoms with E-state index in [2.05, 4.69) is 5.32 Å². The quantitative estimate of drug-likeness (QED) is 0.408. The number of hydrogen-bond donors (Lipinski definition) is 1. The van der Waals surface area contributed by atoms with Crippen molar-refractivity contribution in [3.63, 3.8) is 0 Å². The molecule has 1 atom stereocenters. The van der Waals surface area contributed by atoms with Gasteiger partial charge in [0.25, 0.3) is 0 Å². The monoisotopic (exact) mass is 527 g/mol. The van der Waals surface area contributed by atoms with E-state index in [1.54, 1.807) is 67.6 Å². The number of rotatable bonds is 11. The van der Waals surface area contributed by atoms with Crippen LogP contribution in [0, 0.1) is 0 Å². The Morgan fingerprint density at radius 3 is 1.97 bits per heavy atom. The van der Waals surface area contributed by atoms with Crippen LogP contribution in [0.4, 0.5) is 0 Å². The Bertz CT molecular complexity index is 1250. The average molecular weight is 528 g/mol. The van der Waals surface area contributed by atoms with Crippen LogP contribution in [0.2, 0.25) is 5.02 Å². The van der Waals surface area contributed by atoms with Crippen LogP contribution in [-0.2, 0) is 32.7 Å². The summed E-state index contributed by atoms with van der Waals surface area (Å²) in [6, 6.07) is 24.1. The van der Waals surface area contributed by atoms with Gasteiger partial charge in [-0.3, -0.25) is 9.59 Å². The van der Waals surface area contributed by atoms with Gasteiger partial charge in [-0.15, -0.1) is 0 Å². The van der Waals surface area contributed by atoms with Crippen molar-refractivity contribution in [2.75, 3.05) is 19.3 Å². The zero-order valence-electron chi connectivity index (χ0n) is 20.3. The lowest BCUT2D eigenvalue weighted by atomic mass is 10.0. The first-order valence-electron chi connectivity index (χ1n) is 11.5. The zero-order chi connectivity index (χ0) is 26.1. The van der Waals surface area contributed by atoms with Crippen LogP contribution >= 0.6 is 11.6 Å². The van der Waals surface area contributed by atoms with Gasteiger partial charge in [0.2, 0.25) is 21.8 Å². The molecule has 36 heavy (non-hydrogen) atoms. The zero-order valence-corrected chi connectivity index (χ0v) is 21.9. The molecule has 3 rings (SSSR count). The lowest BCUT2D eigenvalue weighted by molar-refractivity contribution is -0.141. The van der Waals surface area contributed by atoms with Crippen molar-refractivity contribution >= 4 is 33.4 Å². The fraction of sp³-hybridized carbons (Fsp3) is 0.259. The molecule has 7 nitrogen and oxygen atoms in total. The molecular weight excluding hydrogens is 498 g/mol. The highest BCUT2D eigenvalue weighted by atomic mass is 35.5. The van der Waals surface area contributed by atoms with Crippen molar-refractivity contribution in [2.45, 2.75) is 26.1 Å². The van der Waals surface area contributed by atoms with Crippen molar-refractivity contribution in [1.29, 1.82) is 0 Å². The van der Waals surface area contributed by atoms with E-state index in [0.717, 1.165) is 21.7 Å². The molecule has 0 saturated heterocycles. The number of nitrogens with one attached hydrogen (secondary N) is 1. The Hall–Kier alpha value is -3.20. The van der Waals surface area contributed by atoms with E-state index in [4.69, 9.17) is 11.6 Å². The van der Waals surface area contributed by atoms with Gasteiger partial charge < -0.3 is 10.2 Å². The molecule has 3 aromatic carbocycles. The average Bonchev–Trinajstić information content (AvgIpc) is 2.85. The molecule has 1 unspecified atom stereocenters. The molecule has 190 valence electrons. The van der Waals surface area contributed by atoms with Crippen LogP contribution in [0.1, 0.15) is 29.7 Å². The van der Waals surface area contributed by atoms with E-state index < -0.39 is 28.5 Å². The van der Waals surface area contributed by atoms with Gasteiger partial charge in [0.15, 0.2) is 0 Å². The Balaban J connectivity index is 2.00. The molecule has 0 saturated carbocycles. The predicted molar refractivity (Wildman–Crippen MR) is 142 cm³/mol. The van der Waals surface area contributed by atoms with Gasteiger partial charge in [0, 0.05) is 24.7 Å². The lowest BCUT2D eigenvalue weighted by Gasteiger charge is -2.33. The summed E-state index contributed by atoms with van der Waals surface area (Å²) in [5, 5.41) is 3.36. The largest absolute Gasteiger partial charge is 0.354 e. The van der Waals surface area contributed by atoms with E-state index in [-0.39, 0.29) is 19.0 Å². The molecule has 0 aliphatic heterocycles. The third kappa shape index (κ3) is 7.65. The van der Waals surface area contributed by atoms with Crippen LogP contribution in [0.3, 0.4) is 0 Å². The molecule has 2 amide bonds. The topological polar surface area (TPSA) is 86.8 Å². The Labute approximate surface area is 217 Å². The number of carbonyl (C=O) groups excluding carboxylic acids is 2. The van der Waals surface area contributed by atoms with E-state index in [1.165, 1.54) is 4.90 Å². The molecule has 1 N–H and O–H groups in total. The van der Waals surface area contributed by atoms with Crippen molar-refractivity contribution < 1.29 is 18.0 Å². The third-order valence-corrected chi connectivity index (χ3v) is 7.04. The fourth-order valence-corrected chi connectivity index (χ4v) is 4.66. The first kappa shape index (κ1) is 27.4. The van der Waals surface area contributed by atoms with Crippen molar-refractivity contribution in [2.24, 2.45) is 0 Å². The SMILES string of the molecule is CCNC(=O)C(c1ccccc1)N(Cc1ccc(Cl)cc1)C(=O)CN(Cc1ccccc1)S(C)(=O)=O. The number of nitrogens with zero attached hydrogens (tertiary/aromatic N) is 2. The summed E-state index contributed by atoms with van der Waals surface area (Å²) in [5.41, 5.74) is 2.13. The van der Waals surface area contributed by atoms with Gasteiger partial charge in [0.05, 0.1) is 12.8 Å². The van der Waals surface area contributed by atoms with E-state index >= 15 is 0 Å². The maximum atomic E-state index is 13.8. The first-order valence-corrected chi connectivity index (χ1v) is 13.8. The highest BCUT2D eigenvalue weighted by Gasteiger charge is 2.33. The second kappa shape index (κ2) is 12.7. The molecule has 9 heteroatoms. The molecule has 0 heterocycles. The molecule has 0 radical (unpaired) electrons. The number of halogens is 1. The van der Waals surface area contributed by atoms with Crippen LogP contribution in [0.15, 0.2) is 84.9 Å². The van der Waals surface area contributed by atoms with Crippen LogP contribution in [-0.4, -0.2) is 48.8 Å². The summed E-state index contributed by atoms with van der Waals surface area (Å²) in [6.45, 7) is 1.90. The Kier molecular flexibility index (Phi) is 9.64. The molecule has 0 aliphatic rings. The summed E-state index contributed by atoms with van der Waals surface area (Å²) in [7, 11) is -3.72. The van der Waals surface area contributed by atoms with Crippen LogP contribution in [0.25, 0.3) is 0 Å². The van der Waals surface area contributed by atoms with Crippen LogP contribution in [0.5, 0.6) is 0 Å². The fourth-order valence-electron chi connectivity index (χ4n) is 3.81. The minimum Gasteiger partial charge on any atom is -0.354 e. The molecule has 0 aliphatic carbocycles. The number of sulfonamides is 1. The van der Waals surface area contributed by atoms with Gasteiger partial charge >= 0.3 is 0 Å². The first-order chi connectivity index (χ1) is 17.2. The molecular formula is C27H30ClN3O4S. The number of benzene rings is 3. The minimum atomic E-state index is -3.72. The summed E-state index contributed by atoms with van der Waals surface area (Å²) >= 11 is 6.04. The van der Waals surface area contributed by atoms with Gasteiger partial charge in [-0.2, -0.15) is 4.31 Å². The van der Waals surface area contributed by atoms with Gasteiger partial charge in [-0.05, 0) is 35.7 Å². The molecule has 0 spiro atoms. The molecule has 0 aromatic heterocycles. The number of carbonyl (C=O) groups is 2. The number of likely N-dealkylation sites (N-methyl/N-ethyl adjacent to an activating group) is 1. The predicted octanol–water partition coefficient (Wildman–Crippen LogP) is 4.01. The van der Waals surface area contributed by atoms with E-state index in [1.807, 2.05) is 24.3 Å². The summed E-state index contributed by atoms with van der Waals surface area (Å²) in [4.78, 5) is 28.5. The van der Waals surface area contributed by atoms with Gasteiger partial charge in [0.1, 0.15) is 6.04 Å². The summed E-state index contributed by atoms with van der Waals surface area (Å²) < 4.78 is 26.4. The maximum Gasteiger partial charge on any atom is 0.247 e. The van der Waals surface area contributed by atoms with Crippen molar-refractivity contribution in [1.82, 2.24) is 14.5 Å². The second-order valence-electron chi connectivity index (χ2n) is 8.37. The second-order valence-corrected chi connectivity index (χ2v) is 10.8. The number of amides is 2. The molecule has 0 fully saturated rings. The highest BCUT2D eigenvalue weighted by molar-refractivity contribution is 7.88. The Morgan fingerprint density at radius 1 is 0.861 bits per heavy atom. The van der Waals surface area contributed by atoms with Gasteiger partial charge in [-0.25, -0.2) is 8.42 Å². The van der Waals surface area contributed by atoms with Crippen molar-refractivity contribution in [3.8, 4) is 0 Å². The summed E-state index contributed by atoms with van der Waals surface area (Å²) in [6.07, 6.45) is 1.07. The summed E-state index contributed by atoms with van der Waals surface area (Å²) in [5.74, 6) is -0.841.